The van der Waals surface area contributed by atoms with Crippen LogP contribution < -0.4 is 5.73 Å². The summed E-state index contributed by atoms with van der Waals surface area (Å²) in [6.07, 6.45) is 0.969. The summed E-state index contributed by atoms with van der Waals surface area (Å²) in [4.78, 5) is 0. The highest BCUT2D eigenvalue weighted by atomic mass is 125. The quantitative estimate of drug-likeness (QED) is 0.809. The first kappa shape index (κ1) is 9.00. The second-order valence-corrected chi connectivity index (χ2v) is 4.05. The first-order chi connectivity index (χ1) is 5.18. The van der Waals surface area contributed by atoms with Crippen LogP contribution in [0, 0.1) is 3.57 Å². The van der Waals surface area contributed by atoms with Crippen LogP contribution >= 0.6 is 22.6 Å². The predicted octanol–water partition coefficient (Wildman–Crippen LogP) is 2.18. The van der Waals surface area contributed by atoms with Crippen molar-refractivity contribution < 1.29 is 0 Å². The summed E-state index contributed by atoms with van der Waals surface area (Å²) in [5.74, 6) is 0. The monoisotopic (exact) mass is 259 g/mol. The molecule has 1 aromatic carbocycles. The standard InChI is InChI=1S/C9H12IN/c1-7(11)6-8-2-4-9(10)5-3-8/h2-5,7H,6,11H2,1H3/t7-/m1/s1/i10-2. The van der Waals surface area contributed by atoms with Gasteiger partial charge in [-0.2, -0.15) is 0 Å². The topological polar surface area (TPSA) is 26.0 Å². The molecule has 0 aliphatic heterocycles. The fraction of sp³-hybridized carbons (Fsp3) is 0.333. The Morgan fingerprint density at radius 3 is 2.36 bits per heavy atom. The number of rotatable bonds is 2. The van der Waals surface area contributed by atoms with E-state index in [0.29, 0.717) is 0 Å². The Balaban J connectivity index is 2.66. The van der Waals surface area contributed by atoms with Crippen LogP contribution in [-0.2, 0) is 6.42 Å². The summed E-state index contributed by atoms with van der Waals surface area (Å²) < 4.78 is 1.27. The Morgan fingerprint density at radius 2 is 1.91 bits per heavy atom. The molecule has 0 aliphatic carbocycles. The van der Waals surface area contributed by atoms with Gasteiger partial charge in [-0.25, -0.2) is 0 Å². The molecule has 0 aliphatic rings. The first-order valence-corrected chi connectivity index (χ1v) is 4.76. The molecule has 1 atom stereocenters. The van der Waals surface area contributed by atoms with Gasteiger partial charge in [-0.3, -0.25) is 0 Å². The van der Waals surface area contributed by atoms with E-state index in [2.05, 4.69) is 46.9 Å². The molecule has 0 aromatic heterocycles. The summed E-state index contributed by atoms with van der Waals surface area (Å²) in [6.45, 7) is 2.03. The molecule has 1 aromatic rings. The van der Waals surface area contributed by atoms with Crippen molar-refractivity contribution in [1.29, 1.82) is 0 Å². The predicted molar refractivity (Wildman–Crippen MR) is 56.5 cm³/mol. The zero-order valence-corrected chi connectivity index (χ0v) is 8.71. The molecular weight excluding hydrogens is 247 g/mol. The third-order valence-corrected chi connectivity index (χ3v) is 2.19. The minimum Gasteiger partial charge on any atom is -0.328 e. The zero-order valence-electron chi connectivity index (χ0n) is 6.55. The van der Waals surface area contributed by atoms with Gasteiger partial charge in [0.05, 0.1) is 0 Å². The molecule has 11 heavy (non-hydrogen) atoms. The second kappa shape index (κ2) is 4.07. The molecule has 0 heterocycles. The molecule has 60 valence electrons. The van der Waals surface area contributed by atoms with Gasteiger partial charge < -0.3 is 5.73 Å². The smallest absolute Gasteiger partial charge is 0.0130 e. The number of benzene rings is 1. The lowest BCUT2D eigenvalue weighted by Gasteiger charge is -2.03. The molecule has 0 saturated carbocycles. The van der Waals surface area contributed by atoms with Crippen LogP contribution in [0.5, 0.6) is 0 Å². The van der Waals surface area contributed by atoms with Crippen LogP contribution in [0.1, 0.15) is 12.5 Å². The Kier molecular flexibility index (Phi) is 3.33. The van der Waals surface area contributed by atoms with Crippen molar-refractivity contribution >= 4 is 22.6 Å². The lowest BCUT2D eigenvalue weighted by molar-refractivity contribution is 0.738. The van der Waals surface area contributed by atoms with Gasteiger partial charge in [-0.15, -0.1) is 0 Å². The van der Waals surface area contributed by atoms with Crippen LogP contribution in [-0.4, -0.2) is 6.04 Å². The van der Waals surface area contributed by atoms with Gasteiger partial charge in [0.15, 0.2) is 0 Å². The molecule has 0 fully saturated rings. The maximum absolute atomic E-state index is 5.66. The average molecular weight is 259 g/mol. The normalized spacial score (nSPS) is 13.0. The Bertz CT molecular complexity index is 216. The molecule has 2 heteroatoms. The highest BCUT2D eigenvalue weighted by Crippen LogP contribution is 2.07. The summed E-state index contributed by atoms with van der Waals surface area (Å²) in [7, 11) is 0. The lowest BCUT2D eigenvalue weighted by Crippen LogP contribution is -2.17. The van der Waals surface area contributed by atoms with Gasteiger partial charge in [0.2, 0.25) is 0 Å². The number of hydrogen-bond acceptors (Lipinski definition) is 1. The van der Waals surface area contributed by atoms with E-state index in [0.717, 1.165) is 6.42 Å². The Morgan fingerprint density at radius 1 is 1.36 bits per heavy atom. The molecule has 0 unspecified atom stereocenters. The lowest BCUT2D eigenvalue weighted by atomic mass is 10.1. The summed E-state index contributed by atoms with van der Waals surface area (Å²) in [5.41, 5.74) is 6.98. The SMILES string of the molecule is C[C@@H](N)Cc1ccc([125I])cc1. The molecule has 1 nitrogen and oxygen atoms in total. The molecule has 1 rings (SSSR count). The van der Waals surface area contributed by atoms with Gasteiger partial charge in [-0.05, 0) is 53.6 Å². The van der Waals surface area contributed by atoms with E-state index in [1.165, 1.54) is 9.13 Å². The van der Waals surface area contributed by atoms with E-state index in [9.17, 15) is 0 Å². The minimum atomic E-state index is 0.259. The van der Waals surface area contributed by atoms with Crippen LogP contribution in [0.4, 0.5) is 0 Å². The van der Waals surface area contributed by atoms with Crippen molar-refractivity contribution in [2.45, 2.75) is 19.4 Å². The third kappa shape index (κ3) is 3.20. The van der Waals surface area contributed by atoms with Gasteiger partial charge >= 0.3 is 0 Å². The van der Waals surface area contributed by atoms with Crippen molar-refractivity contribution in [1.82, 2.24) is 0 Å². The molecule has 0 amide bonds. The number of hydrogen-bond donors (Lipinski definition) is 1. The summed E-state index contributed by atoms with van der Waals surface area (Å²) in [5, 5.41) is 0. The van der Waals surface area contributed by atoms with E-state index in [1.807, 2.05) is 6.92 Å². The van der Waals surface area contributed by atoms with E-state index in [-0.39, 0.29) is 6.04 Å². The van der Waals surface area contributed by atoms with E-state index in [4.69, 9.17) is 5.73 Å². The fourth-order valence-corrected chi connectivity index (χ4v) is 1.35. The average Bonchev–Trinajstić information content (AvgIpc) is 1.93. The maximum Gasteiger partial charge on any atom is 0.0130 e. The molecule has 0 saturated heterocycles. The Hall–Kier alpha value is -0.0900. The Labute approximate surface area is 81.1 Å². The van der Waals surface area contributed by atoms with Crippen LogP contribution in [0.3, 0.4) is 0 Å². The van der Waals surface area contributed by atoms with Crippen molar-refractivity contribution in [2.75, 3.05) is 0 Å². The van der Waals surface area contributed by atoms with Crippen molar-refractivity contribution in [3.05, 3.63) is 33.4 Å². The summed E-state index contributed by atoms with van der Waals surface area (Å²) in [6, 6.07) is 8.74. The molecule has 0 spiro atoms. The van der Waals surface area contributed by atoms with Crippen LogP contribution in [0.25, 0.3) is 0 Å². The van der Waals surface area contributed by atoms with Gasteiger partial charge in [0.1, 0.15) is 0 Å². The molecule has 2 N–H and O–H groups in total. The highest BCUT2D eigenvalue weighted by Gasteiger charge is 1.96. The zero-order chi connectivity index (χ0) is 8.27. The van der Waals surface area contributed by atoms with Crippen molar-refractivity contribution in [3.8, 4) is 0 Å². The van der Waals surface area contributed by atoms with E-state index >= 15 is 0 Å². The third-order valence-electron chi connectivity index (χ3n) is 1.47. The fourth-order valence-electron chi connectivity index (χ4n) is 0.992. The van der Waals surface area contributed by atoms with Crippen LogP contribution in [0.15, 0.2) is 24.3 Å². The molecule has 0 bridgehead atoms. The highest BCUT2D eigenvalue weighted by molar-refractivity contribution is 14.1. The second-order valence-electron chi connectivity index (χ2n) is 2.81. The van der Waals surface area contributed by atoms with E-state index in [1.54, 1.807) is 0 Å². The molecular formula is C9H12IN. The molecule has 0 radical (unpaired) electrons. The van der Waals surface area contributed by atoms with Gasteiger partial charge in [0, 0.05) is 9.61 Å². The largest absolute Gasteiger partial charge is 0.328 e. The van der Waals surface area contributed by atoms with Crippen molar-refractivity contribution in [3.63, 3.8) is 0 Å². The van der Waals surface area contributed by atoms with Crippen LogP contribution in [0.2, 0.25) is 0 Å². The number of nitrogens with two attached hydrogens (primary N) is 1. The first-order valence-electron chi connectivity index (χ1n) is 3.68. The van der Waals surface area contributed by atoms with Gasteiger partial charge in [-0.1, -0.05) is 12.1 Å². The van der Waals surface area contributed by atoms with Gasteiger partial charge in [0.25, 0.3) is 0 Å². The maximum atomic E-state index is 5.66. The van der Waals surface area contributed by atoms with Crippen molar-refractivity contribution in [2.24, 2.45) is 5.73 Å². The minimum absolute atomic E-state index is 0.259. The van der Waals surface area contributed by atoms with E-state index < -0.39 is 0 Å². The summed E-state index contributed by atoms with van der Waals surface area (Å²) >= 11 is 2.30. The number of halogens is 1.